The fraction of sp³-hybridized carbons (Fsp3) is 0.529. The number of β-lactam (4-membered cyclic amide) rings is 1. The van der Waals surface area contributed by atoms with E-state index in [9.17, 15) is 9.59 Å². The van der Waals surface area contributed by atoms with Crippen LogP contribution in [0.25, 0.3) is 0 Å². The molecule has 2 unspecified atom stereocenters. The number of unbranched alkanes of at least 4 members (excludes halogenated alkanes) is 1. The normalized spacial score (nSPS) is 19.2. The molecule has 6 nitrogen and oxygen atoms in total. The Kier molecular flexibility index (Phi) is 7.24. The zero-order valence-electron chi connectivity index (χ0n) is 14.0. The van der Waals surface area contributed by atoms with Gasteiger partial charge >= 0.3 is 6.09 Å². The quantitative estimate of drug-likeness (QED) is 0.527. The summed E-state index contributed by atoms with van der Waals surface area (Å²) in [6.45, 7) is 2.41. The lowest BCUT2D eigenvalue weighted by molar-refractivity contribution is -0.130. The molecule has 2 N–H and O–H groups in total. The summed E-state index contributed by atoms with van der Waals surface area (Å²) < 4.78 is 10.2. The van der Waals surface area contributed by atoms with Crippen molar-refractivity contribution in [3.63, 3.8) is 0 Å². The van der Waals surface area contributed by atoms with Crippen LogP contribution in [-0.4, -0.2) is 43.6 Å². The van der Waals surface area contributed by atoms with Crippen molar-refractivity contribution in [2.45, 2.75) is 37.6 Å². The minimum atomic E-state index is -0.520. The van der Waals surface area contributed by atoms with Gasteiger partial charge in [-0.2, -0.15) is 11.8 Å². The standard InChI is InChI=1S/C17H24N2O4S/c1-3-4-9-23-17(21)19-15-14(18-16(15)20)11-24-10-12-5-7-13(22-2)8-6-12/h5-8,14-15H,3-4,9-11H2,1-2H3,(H,18,20)(H,19,21). The van der Waals surface area contributed by atoms with E-state index in [-0.39, 0.29) is 11.9 Å². The number of nitrogens with one attached hydrogen (secondary N) is 2. The van der Waals surface area contributed by atoms with Gasteiger partial charge in [-0.25, -0.2) is 4.79 Å². The Morgan fingerprint density at radius 1 is 1.33 bits per heavy atom. The lowest BCUT2D eigenvalue weighted by Crippen LogP contribution is -2.70. The maximum atomic E-state index is 11.6. The van der Waals surface area contributed by atoms with Gasteiger partial charge in [-0.3, -0.25) is 4.79 Å². The van der Waals surface area contributed by atoms with Gasteiger partial charge < -0.3 is 20.1 Å². The fourth-order valence-corrected chi connectivity index (χ4v) is 3.33. The average molecular weight is 352 g/mol. The summed E-state index contributed by atoms with van der Waals surface area (Å²) in [7, 11) is 1.64. The van der Waals surface area contributed by atoms with Crippen molar-refractivity contribution in [1.29, 1.82) is 0 Å². The van der Waals surface area contributed by atoms with E-state index < -0.39 is 12.1 Å². The van der Waals surface area contributed by atoms with E-state index in [0.29, 0.717) is 6.61 Å². The lowest BCUT2D eigenvalue weighted by atomic mass is 10.0. The molecule has 0 bridgehead atoms. The molecule has 1 fully saturated rings. The summed E-state index contributed by atoms with van der Waals surface area (Å²) in [6, 6.07) is 7.34. The Balaban J connectivity index is 1.69. The van der Waals surface area contributed by atoms with Crippen LogP contribution < -0.4 is 15.4 Å². The number of hydrogen-bond acceptors (Lipinski definition) is 5. The van der Waals surface area contributed by atoms with E-state index in [1.165, 1.54) is 5.56 Å². The van der Waals surface area contributed by atoms with Crippen molar-refractivity contribution in [3.05, 3.63) is 29.8 Å². The highest BCUT2D eigenvalue weighted by Gasteiger charge is 2.40. The van der Waals surface area contributed by atoms with Crippen LogP contribution in [0.5, 0.6) is 5.75 Å². The Morgan fingerprint density at radius 2 is 2.08 bits per heavy atom. The first kappa shape index (κ1) is 18.4. The highest BCUT2D eigenvalue weighted by atomic mass is 32.2. The van der Waals surface area contributed by atoms with Crippen molar-refractivity contribution >= 4 is 23.8 Å². The van der Waals surface area contributed by atoms with Crippen LogP contribution in [-0.2, 0) is 15.3 Å². The number of ether oxygens (including phenoxy) is 2. The maximum Gasteiger partial charge on any atom is 0.407 e. The summed E-state index contributed by atoms with van der Waals surface area (Å²) in [5.41, 5.74) is 1.19. The number of thioether (sulfide) groups is 1. The molecule has 1 aromatic rings. The number of carbonyl (C=O) groups excluding carboxylic acids is 2. The summed E-state index contributed by atoms with van der Waals surface area (Å²) in [4.78, 5) is 23.2. The van der Waals surface area contributed by atoms with Gasteiger partial charge in [0, 0.05) is 11.5 Å². The van der Waals surface area contributed by atoms with Crippen molar-refractivity contribution < 1.29 is 19.1 Å². The number of benzene rings is 1. The SMILES string of the molecule is CCCCOC(=O)NC1C(=O)NC1CSCc1ccc(OC)cc1. The third kappa shape index (κ3) is 5.33. The second-order valence-electron chi connectivity index (χ2n) is 5.59. The largest absolute Gasteiger partial charge is 0.497 e. The number of alkyl carbamates (subject to hydrolysis) is 1. The molecule has 2 amide bonds. The molecule has 2 rings (SSSR count). The summed E-state index contributed by atoms with van der Waals surface area (Å²) >= 11 is 1.71. The van der Waals surface area contributed by atoms with Gasteiger partial charge in [-0.1, -0.05) is 25.5 Å². The third-order valence-corrected chi connectivity index (χ3v) is 4.87. The van der Waals surface area contributed by atoms with Gasteiger partial charge in [0.2, 0.25) is 5.91 Å². The molecule has 0 saturated carbocycles. The number of amides is 2. The number of methoxy groups -OCH3 is 1. The van der Waals surface area contributed by atoms with Gasteiger partial charge in [-0.15, -0.1) is 0 Å². The summed E-state index contributed by atoms with van der Waals surface area (Å²) in [6.07, 6.45) is 1.27. The topological polar surface area (TPSA) is 76.7 Å². The molecule has 0 aliphatic carbocycles. The van der Waals surface area contributed by atoms with Crippen LogP contribution >= 0.6 is 11.8 Å². The predicted molar refractivity (Wildman–Crippen MR) is 94.3 cm³/mol. The van der Waals surface area contributed by atoms with Crippen LogP contribution in [0.15, 0.2) is 24.3 Å². The Labute approximate surface area is 146 Å². The lowest BCUT2D eigenvalue weighted by Gasteiger charge is -2.36. The molecule has 24 heavy (non-hydrogen) atoms. The zero-order chi connectivity index (χ0) is 17.4. The molecule has 132 valence electrons. The maximum absolute atomic E-state index is 11.6. The molecule has 0 radical (unpaired) electrons. The van der Waals surface area contributed by atoms with Crippen molar-refractivity contribution in [2.75, 3.05) is 19.5 Å². The van der Waals surface area contributed by atoms with Gasteiger partial charge in [-0.05, 0) is 24.1 Å². The average Bonchev–Trinajstić information content (AvgIpc) is 2.60. The molecule has 1 aliphatic heterocycles. The van der Waals surface area contributed by atoms with Crippen LogP contribution in [0.2, 0.25) is 0 Å². The van der Waals surface area contributed by atoms with Gasteiger partial charge in [0.05, 0.1) is 19.8 Å². The highest BCUT2D eigenvalue weighted by Crippen LogP contribution is 2.19. The predicted octanol–water partition coefficient (Wildman–Crippen LogP) is 2.32. The minimum Gasteiger partial charge on any atom is -0.497 e. The second-order valence-corrected chi connectivity index (χ2v) is 6.62. The number of carbonyl (C=O) groups is 2. The highest BCUT2D eigenvalue weighted by molar-refractivity contribution is 7.98. The third-order valence-electron chi connectivity index (χ3n) is 3.74. The van der Waals surface area contributed by atoms with Crippen LogP contribution in [0.3, 0.4) is 0 Å². The van der Waals surface area contributed by atoms with Gasteiger partial charge in [0.25, 0.3) is 0 Å². The van der Waals surface area contributed by atoms with E-state index in [2.05, 4.69) is 10.6 Å². The summed E-state index contributed by atoms with van der Waals surface area (Å²) in [5.74, 6) is 2.25. The second kappa shape index (κ2) is 9.42. The Morgan fingerprint density at radius 3 is 2.71 bits per heavy atom. The Bertz CT molecular complexity index is 550. The fourth-order valence-electron chi connectivity index (χ4n) is 2.25. The summed E-state index contributed by atoms with van der Waals surface area (Å²) in [5, 5.41) is 5.46. The first-order valence-electron chi connectivity index (χ1n) is 8.08. The van der Waals surface area contributed by atoms with Crippen LogP contribution in [0, 0.1) is 0 Å². The van der Waals surface area contributed by atoms with Crippen LogP contribution in [0.1, 0.15) is 25.3 Å². The smallest absolute Gasteiger partial charge is 0.407 e. The molecule has 2 atom stereocenters. The molecule has 1 heterocycles. The molecular weight excluding hydrogens is 328 g/mol. The Hall–Kier alpha value is -1.89. The van der Waals surface area contributed by atoms with Crippen molar-refractivity contribution in [3.8, 4) is 5.75 Å². The molecule has 7 heteroatoms. The van der Waals surface area contributed by atoms with Crippen molar-refractivity contribution in [2.24, 2.45) is 0 Å². The minimum absolute atomic E-state index is 0.0560. The molecular formula is C17H24N2O4S. The van der Waals surface area contributed by atoms with Gasteiger partial charge in [0.15, 0.2) is 0 Å². The van der Waals surface area contributed by atoms with E-state index in [1.54, 1.807) is 18.9 Å². The monoisotopic (exact) mass is 352 g/mol. The molecule has 1 aromatic carbocycles. The molecule has 0 spiro atoms. The van der Waals surface area contributed by atoms with E-state index >= 15 is 0 Å². The van der Waals surface area contributed by atoms with E-state index in [0.717, 1.165) is 30.1 Å². The van der Waals surface area contributed by atoms with E-state index in [4.69, 9.17) is 9.47 Å². The number of hydrogen-bond donors (Lipinski definition) is 2. The van der Waals surface area contributed by atoms with Crippen LogP contribution in [0.4, 0.5) is 4.79 Å². The zero-order valence-corrected chi connectivity index (χ0v) is 14.9. The molecule has 1 saturated heterocycles. The van der Waals surface area contributed by atoms with Gasteiger partial charge in [0.1, 0.15) is 11.8 Å². The van der Waals surface area contributed by atoms with E-state index in [1.807, 2.05) is 31.2 Å². The van der Waals surface area contributed by atoms with Crippen molar-refractivity contribution in [1.82, 2.24) is 10.6 Å². The number of rotatable bonds is 9. The molecule has 1 aliphatic rings. The molecule has 0 aromatic heterocycles. The first-order chi connectivity index (χ1) is 11.6. The first-order valence-corrected chi connectivity index (χ1v) is 9.24.